The molecule has 0 unspecified atom stereocenters. The number of piperazine rings is 1. The molecule has 11 heteroatoms. The molecule has 38 heavy (non-hydrogen) atoms. The fraction of sp³-hybridized carbons (Fsp3) is 0.296. The summed E-state index contributed by atoms with van der Waals surface area (Å²) in [6, 6.07) is 6.04. The number of anilines is 2. The quantitative estimate of drug-likeness (QED) is 0.319. The molecule has 1 aliphatic rings. The Morgan fingerprint density at radius 3 is 2.61 bits per heavy atom. The summed E-state index contributed by atoms with van der Waals surface area (Å²) in [6.45, 7) is 4.30. The number of pyridine rings is 3. The number of fused-ring (bicyclic) bond motifs is 2. The molecular formula is C27H30N10O. The molecule has 5 aromatic rings. The maximum Gasteiger partial charge on any atom is 0.238 e. The van der Waals surface area contributed by atoms with E-state index in [-0.39, 0.29) is 5.91 Å². The van der Waals surface area contributed by atoms with Crippen LogP contribution in [0.15, 0.2) is 49.2 Å². The van der Waals surface area contributed by atoms with Gasteiger partial charge in [0.2, 0.25) is 5.91 Å². The van der Waals surface area contributed by atoms with Crippen molar-refractivity contribution in [3.8, 4) is 22.6 Å². The van der Waals surface area contributed by atoms with Crippen molar-refractivity contribution in [2.24, 2.45) is 0 Å². The number of aromatic amines is 2. The van der Waals surface area contributed by atoms with Gasteiger partial charge in [0, 0.05) is 48.7 Å². The van der Waals surface area contributed by atoms with Crippen molar-refractivity contribution in [1.82, 2.24) is 39.9 Å². The smallest absolute Gasteiger partial charge is 0.238 e. The SMILES string of the molecule is CN(C)CC(=O)Nc1cncc(-c2cc3c(-c4cc5c(N6CCN(C)CC6)cncc5[nH]4)n[nH]c3cn2)c1. The summed E-state index contributed by atoms with van der Waals surface area (Å²) in [6.07, 6.45) is 8.97. The number of amides is 1. The van der Waals surface area contributed by atoms with Crippen LogP contribution in [-0.4, -0.2) is 99.7 Å². The highest BCUT2D eigenvalue weighted by Crippen LogP contribution is 2.34. The maximum atomic E-state index is 12.2. The van der Waals surface area contributed by atoms with Crippen LogP contribution in [0, 0.1) is 0 Å². The fourth-order valence-electron chi connectivity index (χ4n) is 4.88. The molecule has 1 saturated heterocycles. The fourth-order valence-corrected chi connectivity index (χ4v) is 4.88. The van der Waals surface area contributed by atoms with E-state index in [1.54, 1.807) is 18.6 Å². The van der Waals surface area contributed by atoms with E-state index in [9.17, 15) is 4.79 Å². The Bertz CT molecular complexity index is 1610. The predicted octanol–water partition coefficient (Wildman–Crippen LogP) is 2.82. The number of aromatic nitrogens is 6. The van der Waals surface area contributed by atoms with E-state index in [1.165, 1.54) is 0 Å². The molecule has 6 heterocycles. The highest BCUT2D eigenvalue weighted by Gasteiger charge is 2.19. The highest BCUT2D eigenvalue weighted by molar-refractivity contribution is 6.00. The number of likely N-dealkylation sites (N-methyl/N-ethyl adjacent to an activating group) is 2. The van der Waals surface area contributed by atoms with Gasteiger partial charge in [-0.3, -0.25) is 24.8 Å². The molecule has 0 atom stereocenters. The predicted molar refractivity (Wildman–Crippen MR) is 149 cm³/mol. The van der Waals surface area contributed by atoms with Crippen LogP contribution in [0.2, 0.25) is 0 Å². The number of nitrogens with one attached hydrogen (secondary N) is 3. The first-order valence-electron chi connectivity index (χ1n) is 12.6. The zero-order valence-corrected chi connectivity index (χ0v) is 21.7. The minimum absolute atomic E-state index is 0.0984. The molecule has 6 rings (SSSR count). The average molecular weight is 511 g/mol. The largest absolute Gasteiger partial charge is 0.367 e. The first-order chi connectivity index (χ1) is 18.4. The zero-order valence-electron chi connectivity index (χ0n) is 21.7. The van der Waals surface area contributed by atoms with Gasteiger partial charge in [-0.05, 0) is 39.3 Å². The maximum absolute atomic E-state index is 12.2. The van der Waals surface area contributed by atoms with Crippen LogP contribution in [-0.2, 0) is 4.79 Å². The van der Waals surface area contributed by atoms with E-state index in [0.29, 0.717) is 12.2 Å². The normalized spacial score (nSPS) is 14.6. The van der Waals surface area contributed by atoms with E-state index >= 15 is 0 Å². The summed E-state index contributed by atoms with van der Waals surface area (Å²) in [5, 5.41) is 12.7. The molecule has 5 aromatic heterocycles. The van der Waals surface area contributed by atoms with E-state index < -0.39 is 0 Å². The van der Waals surface area contributed by atoms with E-state index in [4.69, 9.17) is 0 Å². The summed E-state index contributed by atoms with van der Waals surface area (Å²) in [5.41, 5.74) is 6.85. The summed E-state index contributed by atoms with van der Waals surface area (Å²) < 4.78 is 0. The van der Waals surface area contributed by atoms with Crippen LogP contribution in [0.5, 0.6) is 0 Å². The Morgan fingerprint density at radius 1 is 0.974 bits per heavy atom. The van der Waals surface area contributed by atoms with Gasteiger partial charge in [0.25, 0.3) is 0 Å². The summed E-state index contributed by atoms with van der Waals surface area (Å²) >= 11 is 0. The van der Waals surface area contributed by atoms with Crippen molar-refractivity contribution in [3.05, 3.63) is 49.2 Å². The van der Waals surface area contributed by atoms with Gasteiger partial charge in [0.15, 0.2) is 0 Å². The van der Waals surface area contributed by atoms with Gasteiger partial charge in [-0.25, -0.2) is 0 Å². The molecule has 0 aromatic carbocycles. The monoisotopic (exact) mass is 510 g/mol. The van der Waals surface area contributed by atoms with Gasteiger partial charge in [-0.15, -0.1) is 0 Å². The minimum Gasteiger partial charge on any atom is -0.367 e. The first-order valence-corrected chi connectivity index (χ1v) is 12.6. The number of H-pyrrole nitrogens is 2. The van der Waals surface area contributed by atoms with Gasteiger partial charge >= 0.3 is 0 Å². The van der Waals surface area contributed by atoms with Crippen molar-refractivity contribution in [3.63, 3.8) is 0 Å². The Kier molecular flexibility index (Phi) is 6.22. The van der Waals surface area contributed by atoms with Crippen molar-refractivity contribution in [1.29, 1.82) is 0 Å². The first kappa shape index (κ1) is 24.0. The molecule has 194 valence electrons. The minimum atomic E-state index is -0.0984. The Morgan fingerprint density at radius 2 is 1.79 bits per heavy atom. The lowest BCUT2D eigenvalue weighted by molar-refractivity contribution is -0.116. The van der Waals surface area contributed by atoms with Crippen LogP contribution in [0.25, 0.3) is 44.5 Å². The van der Waals surface area contributed by atoms with Crippen LogP contribution in [0.4, 0.5) is 11.4 Å². The average Bonchev–Trinajstić information content (AvgIpc) is 3.52. The molecule has 1 aliphatic heterocycles. The second kappa shape index (κ2) is 9.84. The van der Waals surface area contributed by atoms with Crippen molar-refractivity contribution in [2.75, 3.05) is 64.1 Å². The Balaban J connectivity index is 1.34. The summed E-state index contributed by atoms with van der Waals surface area (Å²) in [5.74, 6) is -0.0984. The van der Waals surface area contributed by atoms with Crippen molar-refractivity contribution >= 4 is 39.1 Å². The van der Waals surface area contributed by atoms with E-state index in [1.807, 2.05) is 43.5 Å². The lowest BCUT2D eigenvalue weighted by Gasteiger charge is -2.34. The molecule has 0 aliphatic carbocycles. The third-order valence-corrected chi connectivity index (χ3v) is 6.85. The molecule has 0 radical (unpaired) electrons. The van der Waals surface area contributed by atoms with Gasteiger partial charge in [0.05, 0.1) is 65.1 Å². The number of carbonyl (C=O) groups is 1. The Labute approximate surface area is 219 Å². The number of nitrogens with zero attached hydrogens (tertiary/aromatic N) is 7. The van der Waals surface area contributed by atoms with Gasteiger partial charge in [-0.1, -0.05) is 0 Å². The third-order valence-electron chi connectivity index (χ3n) is 6.85. The van der Waals surface area contributed by atoms with E-state index in [0.717, 1.165) is 76.3 Å². The summed E-state index contributed by atoms with van der Waals surface area (Å²) in [7, 11) is 5.86. The molecule has 0 saturated carbocycles. The highest BCUT2D eigenvalue weighted by atomic mass is 16.2. The van der Waals surface area contributed by atoms with Crippen molar-refractivity contribution in [2.45, 2.75) is 0 Å². The molecule has 1 fully saturated rings. The molecular weight excluding hydrogens is 480 g/mol. The molecule has 0 spiro atoms. The lowest BCUT2D eigenvalue weighted by Crippen LogP contribution is -2.44. The van der Waals surface area contributed by atoms with Crippen LogP contribution in [0.1, 0.15) is 0 Å². The van der Waals surface area contributed by atoms with Gasteiger partial charge in [0.1, 0.15) is 5.69 Å². The van der Waals surface area contributed by atoms with Gasteiger partial charge < -0.3 is 25.0 Å². The molecule has 0 bridgehead atoms. The zero-order chi connectivity index (χ0) is 26.2. The second-order valence-corrected chi connectivity index (χ2v) is 10.0. The standard InChI is InChI=1S/C27H30N10O/c1-35(2)16-26(38)31-18-8-17(11-28-12-18)21-10-20-24(14-30-21)33-34-27(20)22-9-19-23(32-22)13-29-15-25(19)37-6-4-36(3)5-7-37/h8-15,32H,4-7,16H2,1-3H3,(H,31,38)(H,33,34). The molecule has 1 amide bonds. The van der Waals surface area contributed by atoms with Crippen LogP contribution >= 0.6 is 0 Å². The third kappa shape index (κ3) is 4.69. The van der Waals surface area contributed by atoms with Crippen molar-refractivity contribution < 1.29 is 4.79 Å². The molecule has 3 N–H and O–H groups in total. The molecule has 11 nitrogen and oxygen atoms in total. The van der Waals surface area contributed by atoms with E-state index in [2.05, 4.69) is 58.4 Å². The Hall–Kier alpha value is -4.35. The van der Waals surface area contributed by atoms with Crippen LogP contribution in [0.3, 0.4) is 0 Å². The van der Waals surface area contributed by atoms with Gasteiger partial charge in [-0.2, -0.15) is 5.10 Å². The lowest BCUT2D eigenvalue weighted by atomic mass is 10.1. The number of carbonyl (C=O) groups excluding carboxylic acids is 1. The number of rotatable bonds is 6. The topological polar surface area (TPSA) is 122 Å². The van der Waals surface area contributed by atoms with Crippen LogP contribution < -0.4 is 10.2 Å². The number of hydrogen-bond donors (Lipinski definition) is 3. The summed E-state index contributed by atoms with van der Waals surface area (Å²) in [4.78, 5) is 35.7. The second-order valence-electron chi connectivity index (χ2n) is 10.0. The number of hydrogen-bond acceptors (Lipinski definition) is 8.